The number of benzene rings is 2. The first-order valence-electron chi connectivity index (χ1n) is 9.95. The number of thioether (sulfide) groups is 1. The molecule has 2 aromatic rings. The summed E-state index contributed by atoms with van der Waals surface area (Å²) in [5.74, 6) is 0.320. The van der Waals surface area contributed by atoms with Crippen LogP contribution in [0.15, 0.2) is 48.5 Å². The van der Waals surface area contributed by atoms with Gasteiger partial charge in [0.05, 0.1) is 10.7 Å². The van der Waals surface area contributed by atoms with E-state index in [2.05, 4.69) is 5.32 Å². The molecule has 0 bridgehead atoms. The van der Waals surface area contributed by atoms with Crippen LogP contribution < -0.4 is 5.32 Å². The van der Waals surface area contributed by atoms with E-state index in [9.17, 15) is 19.7 Å². The molecule has 0 aliphatic carbocycles. The summed E-state index contributed by atoms with van der Waals surface area (Å²) in [4.78, 5) is 37.4. The lowest BCUT2D eigenvalue weighted by Gasteiger charge is -2.29. The average Bonchev–Trinajstić information content (AvgIpc) is 2.76. The van der Waals surface area contributed by atoms with E-state index in [1.165, 1.54) is 28.8 Å². The predicted molar refractivity (Wildman–Crippen MR) is 124 cm³/mol. The topological polar surface area (TPSA) is 92.6 Å². The van der Waals surface area contributed by atoms with Gasteiger partial charge >= 0.3 is 0 Å². The molecular formula is C22H26ClN3O4S. The maximum atomic E-state index is 13.0. The van der Waals surface area contributed by atoms with Gasteiger partial charge in [-0.2, -0.15) is 0 Å². The molecule has 1 atom stereocenters. The van der Waals surface area contributed by atoms with Gasteiger partial charge < -0.3 is 10.2 Å². The third-order valence-electron chi connectivity index (χ3n) is 4.66. The van der Waals surface area contributed by atoms with Crippen LogP contribution in [-0.2, 0) is 21.9 Å². The molecule has 0 aliphatic heterocycles. The number of nitro benzene ring substituents is 1. The van der Waals surface area contributed by atoms with Gasteiger partial charge in [0.1, 0.15) is 6.04 Å². The van der Waals surface area contributed by atoms with Crippen LogP contribution in [0.2, 0.25) is 5.02 Å². The molecule has 2 amide bonds. The molecule has 2 rings (SSSR count). The second kappa shape index (κ2) is 12.3. The lowest BCUT2D eigenvalue weighted by Crippen LogP contribution is -2.48. The summed E-state index contributed by atoms with van der Waals surface area (Å²) < 4.78 is 0. The highest BCUT2D eigenvalue weighted by molar-refractivity contribution is 7.99. The summed E-state index contributed by atoms with van der Waals surface area (Å²) in [5.41, 5.74) is 1.69. The summed E-state index contributed by atoms with van der Waals surface area (Å²) >= 11 is 7.66. The van der Waals surface area contributed by atoms with E-state index in [0.29, 0.717) is 17.3 Å². The number of carbonyl (C=O) groups excluding carboxylic acids is 2. The van der Waals surface area contributed by atoms with E-state index >= 15 is 0 Å². The van der Waals surface area contributed by atoms with Gasteiger partial charge in [-0.25, -0.2) is 0 Å². The first-order chi connectivity index (χ1) is 14.8. The van der Waals surface area contributed by atoms with Crippen LogP contribution in [-0.4, -0.2) is 40.0 Å². The first kappa shape index (κ1) is 24.7. The van der Waals surface area contributed by atoms with Crippen LogP contribution in [0.1, 0.15) is 31.4 Å². The van der Waals surface area contributed by atoms with Gasteiger partial charge in [-0.15, -0.1) is 11.8 Å². The first-order valence-corrected chi connectivity index (χ1v) is 11.5. The fraction of sp³-hybridized carbons (Fsp3) is 0.364. The van der Waals surface area contributed by atoms with Crippen molar-refractivity contribution in [2.24, 2.45) is 0 Å². The highest BCUT2D eigenvalue weighted by atomic mass is 35.5. The minimum absolute atomic E-state index is 0.0302. The minimum Gasteiger partial charge on any atom is -0.354 e. The number of halogens is 1. The molecular weight excluding hydrogens is 438 g/mol. The van der Waals surface area contributed by atoms with Crippen molar-refractivity contribution < 1.29 is 14.5 Å². The van der Waals surface area contributed by atoms with Gasteiger partial charge in [0.15, 0.2) is 0 Å². The Balaban J connectivity index is 2.05. The molecule has 2 aromatic carbocycles. The zero-order chi connectivity index (χ0) is 22.8. The molecule has 0 radical (unpaired) electrons. The molecule has 0 fully saturated rings. The molecule has 31 heavy (non-hydrogen) atoms. The number of amides is 2. The van der Waals surface area contributed by atoms with Gasteiger partial charge in [-0.3, -0.25) is 19.7 Å². The van der Waals surface area contributed by atoms with Crippen LogP contribution in [0.4, 0.5) is 5.69 Å². The van der Waals surface area contributed by atoms with E-state index < -0.39 is 11.0 Å². The van der Waals surface area contributed by atoms with E-state index in [4.69, 9.17) is 11.6 Å². The summed E-state index contributed by atoms with van der Waals surface area (Å²) in [7, 11) is 0. The fourth-order valence-corrected chi connectivity index (χ4v) is 3.91. The number of carbonyl (C=O) groups is 2. The number of rotatable bonds is 11. The van der Waals surface area contributed by atoms with Crippen molar-refractivity contribution in [2.75, 3.05) is 12.3 Å². The maximum absolute atomic E-state index is 13.0. The zero-order valence-corrected chi connectivity index (χ0v) is 19.1. The van der Waals surface area contributed by atoms with Gasteiger partial charge in [0.2, 0.25) is 11.8 Å². The van der Waals surface area contributed by atoms with Crippen molar-refractivity contribution in [1.82, 2.24) is 10.2 Å². The molecule has 7 nitrogen and oxygen atoms in total. The summed E-state index contributed by atoms with van der Waals surface area (Å²) in [6, 6.07) is 12.9. The summed E-state index contributed by atoms with van der Waals surface area (Å²) in [5, 5.41) is 14.1. The normalized spacial score (nSPS) is 11.6. The van der Waals surface area contributed by atoms with Crippen molar-refractivity contribution in [1.29, 1.82) is 0 Å². The Labute approximate surface area is 191 Å². The van der Waals surface area contributed by atoms with Crippen LogP contribution in [0.3, 0.4) is 0 Å². The molecule has 0 saturated heterocycles. The van der Waals surface area contributed by atoms with Gasteiger partial charge in [0.25, 0.3) is 5.69 Å². The quantitative estimate of drug-likeness (QED) is 0.393. The van der Waals surface area contributed by atoms with Crippen molar-refractivity contribution in [3.05, 3.63) is 74.8 Å². The van der Waals surface area contributed by atoms with Crippen LogP contribution >= 0.6 is 23.4 Å². The van der Waals surface area contributed by atoms with Gasteiger partial charge in [0, 0.05) is 36.0 Å². The van der Waals surface area contributed by atoms with E-state index in [1.54, 1.807) is 25.1 Å². The number of hydrogen-bond acceptors (Lipinski definition) is 5. The lowest BCUT2D eigenvalue weighted by atomic mass is 10.1. The Hall–Kier alpha value is -2.58. The fourth-order valence-electron chi connectivity index (χ4n) is 2.84. The van der Waals surface area contributed by atoms with E-state index in [-0.39, 0.29) is 29.8 Å². The zero-order valence-electron chi connectivity index (χ0n) is 17.5. The van der Waals surface area contributed by atoms with Crippen molar-refractivity contribution in [3.8, 4) is 0 Å². The Kier molecular flexibility index (Phi) is 9.81. The molecule has 0 heterocycles. The third kappa shape index (κ3) is 7.56. The SMILES string of the molecule is CCCNC(=O)[C@@H](C)N(Cc1ccccc1Cl)C(=O)CSCc1ccc([N+](=O)[O-])cc1. The van der Waals surface area contributed by atoms with Crippen molar-refractivity contribution in [2.45, 2.75) is 38.6 Å². The van der Waals surface area contributed by atoms with Crippen LogP contribution in [0.5, 0.6) is 0 Å². The number of nitrogens with zero attached hydrogens (tertiary/aromatic N) is 2. The van der Waals surface area contributed by atoms with Gasteiger partial charge in [-0.05, 0) is 30.5 Å². The molecule has 0 spiro atoms. The van der Waals surface area contributed by atoms with Crippen molar-refractivity contribution in [3.63, 3.8) is 0 Å². The number of nitrogens with one attached hydrogen (secondary N) is 1. The van der Waals surface area contributed by atoms with Crippen molar-refractivity contribution >= 4 is 40.9 Å². The molecule has 0 aliphatic rings. The molecule has 0 unspecified atom stereocenters. The lowest BCUT2D eigenvalue weighted by molar-refractivity contribution is -0.384. The minimum atomic E-state index is -0.643. The molecule has 166 valence electrons. The Morgan fingerprint density at radius 3 is 2.48 bits per heavy atom. The number of hydrogen-bond donors (Lipinski definition) is 1. The largest absolute Gasteiger partial charge is 0.354 e. The molecule has 0 aromatic heterocycles. The second-order valence-electron chi connectivity index (χ2n) is 7.00. The highest BCUT2D eigenvalue weighted by Gasteiger charge is 2.26. The Bertz CT molecular complexity index is 908. The summed E-state index contributed by atoms with van der Waals surface area (Å²) in [6.07, 6.45) is 0.808. The number of non-ortho nitro benzene ring substituents is 1. The molecule has 1 N–H and O–H groups in total. The smallest absolute Gasteiger partial charge is 0.269 e. The number of nitro groups is 1. The Morgan fingerprint density at radius 1 is 1.19 bits per heavy atom. The second-order valence-corrected chi connectivity index (χ2v) is 8.39. The average molecular weight is 464 g/mol. The van der Waals surface area contributed by atoms with E-state index in [0.717, 1.165) is 17.5 Å². The standard InChI is InChI=1S/C22H26ClN3O4S/c1-3-12-24-22(28)16(2)25(13-18-6-4-5-7-20(18)23)21(27)15-31-14-17-8-10-19(11-9-17)26(29)30/h4-11,16H,3,12-15H2,1-2H3,(H,24,28)/t16-/m1/s1. The van der Waals surface area contributed by atoms with Crippen LogP contribution in [0.25, 0.3) is 0 Å². The van der Waals surface area contributed by atoms with Crippen LogP contribution in [0, 0.1) is 10.1 Å². The predicted octanol–water partition coefficient (Wildman–Crippen LogP) is 4.42. The van der Waals surface area contributed by atoms with Gasteiger partial charge in [-0.1, -0.05) is 48.9 Å². The maximum Gasteiger partial charge on any atom is 0.269 e. The Morgan fingerprint density at radius 2 is 1.87 bits per heavy atom. The molecule has 9 heteroatoms. The monoisotopic (exact) mass is 463 g/mol. The molecule has 0 saturated carbocycles. The third-order valence-corrected chi connectivity index (χ3v) is 6.01. The highest BCUT2D eigenvalue weighted by Crippen LogP contribution is 2.21. The summed E-state index contributed by atoms with van der Waals surface area (Å²) in [6.45, 7) is 4.46. The van der Waals surface area contributed by atoms with E-state index in [1.807, 2.05) is 25.1 Å².